The van der Waals surface area contributed by atoms with E-state index in [2.05, 4.69) is 0 Å². The van der Waals surface area contributed by atoms with E-state index in [1.165, 1.54) is 18.1 Å². The highest BCUT2D eigenvalue weighted by Crippen LogP contribution is 2.48. The van der Waals surface area contributed by atoms with Crippen LogP contribution in [0.3, 0.4) is 0 Å². The van der Waals surface area contributed by atoms with E-state index in [1.54, 1.807) is 18.2 Å². The fourth-order valence-corrected chi connectivity index (χ4v) is 1.49. The summed E-state index contributed by atoms with van der Waals surface area (Å²) in [6.45, 7) is 0. The van der Waals surface area contributed by atoms with Crippen LogP contribution in [0.2, 0.25) is 0 Å². The molecule has 0 bridgehead atoms. The maximum absolute atomic E-state index is 10.8. The molecule has 76 valence electrons. The van der Waals surface area contributed by atoms with Crippen LogP contribution in [0.25, 0.3) is 5.31 Å². The van der Waals surface area contributed by atoms with Crippen molar-refractivity contribution >= 4 is 18.9 Å². The quantitative estimate of drug-likeness (QED) is 0.544. The molecule has 1 rings (SSSR count). The van der Waals surface area contributed by atoms with Crippen LogP contribution in [0.5, 0.6) is 0 Å². The Labute approximate surface area is 80.2 Å². The Bertz CT molecular complexity index is 387. The minimum Gasteiger partial charge on any atom is -0.412 e. The molecule has 4 N–H and O–H groups in total. The largest absolute Gasteiger partial charge is 0.412 e. The molecule has 0 atom stereocenters. The SMILES string of the molecule is O.O=C=C(c1ccccc1)P(=O)(O)O. The summed E-state index contributed by atoms with van der Waals surface area (Å²) < 4.78 is 10.8. The summed E-state index contributed by atoms with van der Waals surface area (Å²) in [5, 5.41) is -0.604. The molecule has 0 radical (unpaired) electrons. The van der Waals surface area contributed by atoms with E-state index in [4.69, 9.17) is 9.79 Å². The Morgan fingerprint density at radius 3 is 2.07 bits per heavy atom. The van der Waals surface area contributed by atoms with E-state index in [1.807, 2.05) is 0 Å². The van der Waals surface area contributed by atoms with Crippen molar-refractivity contribution in [2.75, 3.05) is 0 Å². The first kappa shape index (κ1) is 12.8. The Kier molecular flexibility index (Phi) is 4.44. The van der Waals surface area contributed by atoms with Gasteiger partial charge in [-0.05, 0) is 0 Å². The maximum atomic E-state index is 10.8. The lowest BCUT2D eigenvalue weighted by Gasteiger charge is -2.04. The molecular formula is C8H9O5P. The van der Waals surface area contributed by atoms with E-state index >= 15 is 0 Å². The van der Waals surface area contributed by atoms with Gasteiger partial charge in [0.05, 0.1) is 0 Å². The summed E-state index contributed by atoms with van der Waals surface area (Å²) in [6.07, 6.45) is 0. The molecule has 14 heavy (non-hydrogen) atoms. The van der Waals surface area contributed by atoms with Crippen LogP contribution < -0.4 is 0 Å². The normalized spacial score (nSPS) is 9.86. The van der Waals surface area contributed by atoms with Crippen molar-refractivity contribution in [3.05, 3.63) is 35.9 Å². The molecule has 0 amide bonds. The summed E-state index contributed by atoms with van der Waals surface area (Å²) in [7, 11) is -4.50. The minimum atomic E-state index is -4.50. The van der Waals surface area contributed by atoms with Crippen molar-refractivity contribution in [1.82, 2.24) is 0 Å². The third kappa shape index (κ3) is 2.92. The Balaban J connectivity index is 0.00000169. The molecule has 0 aliphatic rings. The van der Waals surface area contributed by atoms with Gasteiger partial charge >= 0.3 is 7.60 Å². The zero-order chi connectivity index (χ0) is 9.90. The van der Waals surface area contributed by atoms with Gasteiger partial charge in [0.25, 0.3) is 0 Å². The van der Waals surface area contributed by atoms with E-state index in [0.29, 0.717) is 0 Å². The van der Waals surface area contributed by atoms with Crippen LogP contribution in [-0.4, -0.2) is 21.2 Å². The number of rotatable bonds is 2. The number of hydrogen-bond donors (Lipinski definition) is 2. The third-order valence-electron chi connectivity index (χ3n) is 1.44. The van der Waals surface area contributed by atoms with Crippen molar-refractivity contribution in [2.45, 2.75) is 0 Å². The van der Waals surface area contributed by atoms with Crippen LogP contribution in [-0.2, 0) is 9.36 Å². The lowest BCUT2D eigenvalue weighted by atomic mass is 10.2. The first-order chi connectivity index (χ1) is 6.05. The summed E-state index contributed by atoms with van der Waals surface area (Å²) >= 11 is 0. The molecular weight excluding hydrogens is 207 g/mol. The lowest BCUT2D eigenvalue weighted by Crippen LogP contribution is -1.86. The average Bonchev–Trinajstić information content (AvgIpc) is 2.05. The van der Waals surface area contributed by atoms with Gasteiger partial charge in [-0.3, -0.25) is 4.57 Å². The first-order valence-corrected chi connectivity index (χ1v) is 5.03. The van der Waals surface area contributed by atoms with Gasteiger partial charge in [-0.15, -0.1) is 0 Å². The molecule has 0 saturated carbocycles. The Morgan fingerprint density at radius 2 is 1.71 bits per heavy atom. The number of hydrogen-bond acceptors (Lipinski definition) is 2. The minimum absolute atomic E-state index is 0. The molecule has 0 heterocycles. The zero-order valence-corrected chi connectivity index (χ0v) is 7.94. The van der Waals surface area contributed by atoms with Gasteiger partial charge in [-0.2, -0.15) is 0 Å². The van der Waals surface area contributed by atoms with Gasteiger partial charge in [0.1, 0.15) is 5.94 Å². The van der Waals surface area contributed by atoms with E-state index in [0.717, 1.165) is 0 Å². The molecule has 5 nitrogen and oxygen atoms in total. The highest BCUT2D eigenvalue weighted by Gasteiger charge is 2.23. The summed E-state index contributed by atoms with van der Waals surface area (Å²) in [5.74, 6) is 1.26. The second-order valence-corrected chi connectivity index (χ2v) is 3.90. The van der Waals surface area contributed by atoms with Crippen molar-refractivity contribution in [3.8, 4) is 0 Å². The van der Waals surface area contributed by atoms with Crippen LogP contribution in [0.15, 0.2) is 30.3 Å². The average molecular weight is 216 g/mol. The van der Waals surface area contributed by atoms with Crippen LogP contribution in [0.4, 0.5) is 0 Å². The van der Waals surface area contributed by atoms with Crippen molar-refractivity contribution < 1.29 is 24.6 Å². The molecule has 6 heteroatoms. The Morgan fingerprint density at radius 1 is 1.21 bits per heavy atom. The molecule has 0 fully saturated rings. The highest BCUT2D eigenvalue weighted by molar-refractivity contribution is 7.63. The topological polar surface area (TPSA) is 106 Å². The maximum Gasteiger partial charge on any atom is 0.367 e. The number of benzene rings is 1. The van der Waals surface area contributed by atoms with Crippen LogP contribution in [0, 0.1) is 0 Å². The monoisotopic (exact) mass is 216 g/mol. The van der Waals surface area contributed by atoms with E-state index < -0.39 is 12.9 Å². The molecule has 0 spiro atoms. The molecule has 0 unspecified atom stereocenters. The van der Waals surface area contributed by atoms with Gasteiger partial charge in [0.15, 0.2) is 5.31 Å². The molecule has 1 aromatic rings. The van der Waals surface area contributed by atoms with Crippen molar-refractivity contribution in [2.24, 2.45) is 0 Å². The molecule has 0 aliphatic heterocycles. The lowest BCUT2D eigenvalue weighted by molar-refractivity contribution is 0.388. The summed E-state index contributed by atoms with van der Waals surface area (Å²) in [5.41, 5.74) is 0.200. The Hall–Kier alpha value is -1.22. The second-order valence-electron chi connectivity index (χ2n) is 2.36. The molecule has 0 aromatic heterocycles. The van der Waals surface area contributed by atoms with Gasteiger partial charge in [0, 0.05) is 5.56 Å². The standard InChI is InChI=1S/C8H7O4P.H2O/c9-6-8(13(10,11)12)7-4-2-1-3-5-7;/h1-5H,(H2,10,11,12);1H2. The second kappa shape index (κ2) is 4.86. The van der Waals surface area contributed by atoms with E-state index in [9.17, 15) is 9.36 Å². The highest BCUT2D eigenvalue weighted by atomic mass is 31.2. The summed E-state index contributed by atoms with van der Waals surface area (Å²) in [4.78, 5) is 27.8. The van der Waals surface area contributed by atoms with Gasteiger partial charge < -0.3 is 15.3 Å². The summed E-state index contributed by atoms with van der Waals surface area (Å²) in [6, 6.07) is 7.74. The van der Waals surface area contributed by atoms with Gasteiger partial charge in [0.2, 0.25) is 0 Å². The zero-order valence-electron chi connectivity index (χ0n) is 7.04. The van der Waals surface area contributed by atoms with Gasteiger partial charge in [-0.1, -0.05) is 30.3 Å². The van der Waals surface area contributed by atoms with Gasteiger partial charge in [-0.25, -0.2) is 4.79 Å². The van der Waals surface area contributed by atoms with E-state index in [-0.39, 0.29) is 11.0 Å². The fraction of sp³-hybridized carbons (Fsp3) is 0. The van der Waals surface area contributed by atoms with Crippen LogP contribution >= 0.6 is 7.60 Å². The number of carbonyl (C=O) groups excluding carboxylic acids is 1. The predicted octanol–water partition coefficient (Wildman–Crippen LogP) is 0.212. The molecule has 0 aliphatic carbocycles. The third-order valence-corrected chi connectivity index (χ3v) is 2.37. The van der Waals surface area contributed by atoms with Crippen LogP contribution in [0.1, 0.15) is 5.56 Å². The fourth-order valence-electron chi connectivity index (χ4n) is 0.883. The van der Waals surface area contributed by atoms with Crippen molar-refractivity contribution in [3.63, 3.8) is 0 Å². The smallest absolute Gasteiger partial charge is 0.367 e. The first-order valence-electron chi connectivity index (χ1n) is 3.42. The molecule has 1 aromatic carbocycles. The predicted molar refractivity (Wildman–Crippen MR) is 51.2 cm³/mol. The molecule has 0 saturated heterocycles. The van der Waals surface area contributed by atoms with Crippen molar-refractivity contribution in [1.29, 1.82) is 0 Å².